The first-order valence-corrected chi connectivity index (χ1v) is 5.48. The van der Waals surface area contributed by atoms with E-state index in [1.807, 2.05) is 31.2 Å². The number of nitrogens with one attached hydrogen (secondary N) is 1. The molecule has 0 saturated carbocycles. The highest BCUT2D eigenvalue weighted by Gasteiger charge is 2.41. The first-order chi connectivity index (χ1) is 6.91. The van der Waals surface area contributed by atoms with Gasteiger partial charge >= 0.3 is 0 Å². The molecule has 90 valence electrons. The molecule has 0 aliphatic carbocycles. The Bertz CT molecular complexity index is 381. The van der Waals surface area contributed by atoms with Gasteiger partial charge in [0.1, 0.15) is 5.72 Å². The van der Waals surface area contributed by atoms with Crippen LogP contribution in [0, 0.1) is 0 Å². The number of hydrogen-bond acceptors (Lipinski definition) is 2. The molecule has 1 unspecified atom stereocenters. The van der Waals surface area contributed by atoms with Gasteiger partial charge in [-0.05, 0) is 38.5 Å². The van der Waals surface area contributed by atoms with E-state index >= 15 is 0 Å². The molecule has 1 atom stereocenters. The van der Waals surface area contributed by atoms with Crippen LogP contribution < -0.4 is 5.32 Å². The molecule has 4 heteroatoms. The van der Waals surface area contributed by atoms with Crippen molar-refractivity contribution in [2.24, 2.45) is 0 Å². The van der Waals surface area contributed by atoms with E-state index < -0.39 is 5.72 Å². The van der Waals surface area contributed by atoms with Gasteiger partial charge in [-0.1, -0.05) is 23.7 Å². The third kappa shape index (κ3) is 2.69. The average molecular weight is 262 g/mol. The van der Waals surface area contributed by atoms with Crippen LogP contribution in [0.1, 0.15) is 26.3 Å². The van der Waals surface area contributed by atoms with Crippen molar-refractivity contribution in [1.82, 2.24) is 5.32 Å². The largest absolute Gasteiger partial charge is 0.355 e. The minimum atomic E-state index is -0.422. The molecule has 2 rings (SSSR count). The van der Waals surface area contributed by atoms with E-state index in [-0.39, 0.29) is 17.9 Å². The molecule has 1 fully saturated rings. The highest BCUT2D eigenvalue weighted by atomic mass is 35.5. The van der Waals surface area contributed by atoms with E-state index in [2.05, 4.69) is 19.2 Å². The summed E-state index contributed by atoms with van der Waals surface area (Å²) in [4.78, 5) is 0. The van der Waals surface area contributed by atoms with Gasteiger partial charge in [0.15, 0.2) is 0 Å². The molecule has 1 aromatic carbocycles. The topological polar surface area (TPSA) is 21.3 Å². The van der Waals surface area contributed by atoms with Gasteiger partial charge in [0, 0.05) is 10.6 Å². The van der Waals surface area contributed by atoms with Crippen molar-refractivity contribution in [2.75, 3.05) is 6.61 Å². The number of halogens is 2. The van der Waals surface area contributed by atoms with Gasteiger partial charge in [-0.15, -0.1) is 12.4 Å². The molecule has 1 N–H and O–H groups in total. The minimum absolute atomic E-state index is 0. The summed E-state index contributed by atoms with van der Waals surface area (Å²) in [7, 11) is 0. The quantitative estimate of drug-likeness (QED) is 0.838. The third-order valence-electron chi connectivity index (χ3n) is 2.67. The van der Waals surface area contributed by atoms with Crippen LogP contribution >= 0.6 is 24.0 Å². The standard InChI is InChI=1S/C12H16ClNO.ClH/c1-11(2)8-15-12(3,14-11)9-5-4-6-10(13)7-9;/h4-7,14H,8H2,1-3H3;1H. The number of benzene rings is 1. The Kier molecular flexibility index (Phi) is 3.91. The maximum atomic E-state index is 5.97. The second-order valence-electron chi connectivity index (χ2n) is 4.84. The molecule has 1 aliphatic rings. The van der Waals surface area contributed by atoms with Crippen molar-refractivity contribution in [3.05, 3.63) is 34.9 Å². The van der Waals surface area contributed by atoms with Crippen LogP contribution in [-0.2, 0) is 10.5 Å². The second-order valence-corrected chi connectivity index (χ2v) is 5.28. The molecule has 1 aromatic rings. The Hall–Kier alpha value is -0.280. The normalized spacial score (nSPS) is 27.5. The predicted molar refractivity (Wildman–Crippen MR) is 69.2 cm³/mol. The van der Waals surface area contributed by atoms with Crippen molar-refractivity contribution in [2.45, 2.75) is 32.0 Å². The molecule has 0 amide bonds. The zero-order valence-electron chi connectivity index (χ0n) is 9.71. The SMILES string of the molecule is CC1(C)COC(C)(c2cccc(Cl)c2)N1.Cl. The van der Waals surface area contributed by atoms with Crippen molar-refractivity contribution in [3.8, 4) is 0 Å². The first-order valence-electron chi connectivity index (χ1n) is 5.11. The summed E-state index contributed by atoms with van der Waals surface area (Å²) in [6.45, 7) is 7.00. The summed E-state index contributed by atoms with van der Waals surface area (Å²) in [6.07, 6.45) is 0. The van der Waals surface area contributed by atoms with Gasteiger partial charge in [-0.2, -0.15) is 0 Å². The summed E-state index contributed by atoms with van der Waals surface area (Å²) in [5.41, 5.74) is 0.659. The molecule has 1 heterocycles. The Balaban J connectivity index is 0.00000128. The number of hydrogen-bond donors (Lipinski definition) is 1. The van der Waals surface area contributed by atoms with E-state index in [1.165, 1.54) is 0 Å². The van der Waals surface area contributed by atoms with Gasteiger partial charge in [0.2, 0.25) is 0 Å². The fourth-order valence-corrected chi connectivity index (χ4v) is 2.17. The molecule has 2 nitrogen and oxygen atoms in total. The van der Waals surface area contributed by atoms with Gasteiger partial charge in [0.05, 0.1) is 6.61 Å². The smallest absolute Gasteiger partial charge is 0.143 e. The summed E-state index contributed by atoms with van der Waals surface area (Å²) >= 11 is 5.97. The van der Waals surface area contributed by atoms with Gasteiger partial charge < -0.3 is 4.74 Å². The van der Waals surface area contributed by atoms with Crippen LogP contribution in [0.5, 0.6) is 0 Å². The molecule has 0 radical (unpaired) electrons. The fourth-order valence-electron chi connectivity index (χ4n) is 1.98. The molecule has 0 bridgehead atoms. The van der Waals surface area contributed by atoms with Gasteiger partial charge in [-0.25, -0.2) is 0 Å². The highest BCUT2D eigenvalue weighted by molar-refractivity contribution is 6.30. The van der Waals surface area contributed by atoms with E-state index in [0.717, 1.165) is 10.6 Å². The van der Waals surface area contributed by atoms with Crippen LogP contribution in [0.2, 0.25) is 5.02 Å². The second kappa shape index (κ2) is 4.53. The highest BCUT2D eigenvalue weighted by Crippen LogP contribution is 2.32. The molecular weight excluding hydrogens is 245 g/mol. The maximum Gasteiger partial charge on any atom is 0.143 e. The molecular formula is C12H17Cl2NO. The lowest BCUT2D eigenvalue weighted by molar-refractivity contribution is 0.00219. The van der Waals surface area contributed by atoms with E-state index in [1.54, 1.807) is 0 Å². The zero-order valence-corrected chi connectivity index (χ0v) is 11.3. The molecule has 1 saturated heterocycles. The fraction of sp³-hybridized carbons (Fsp3) is 0.500. The summed E-state index contributed by atoms with van der Waals surface area (Å²) in [5.74, 6) is 0. The Morgan fingerprint density at radius 2 is 2.00 bits per heavy atom. The minimum Gasteiger partial charge on any atom is -0.355 e. The summed E-state index contributed by atoms with van der Waals surface area (Å²) in [6, 6.07) is 7.78. The van der Waals surface area contributed by atoms with Crippen LogP contribution in [0.25, 0.3) is 0 Å². The lowest BCUT2D eigenvalue weighted by Crippen LogP contribution is -2.44. The Morgan fingerprint density at radius 1 is 1.31 bits per heavy atom. The molecule has 0 aromatic heterocycles. The van der Waals surface area contributed by atoms with Crippen LogP contribution in [0.3, 0.4) is 0 Å². The van der Waals surface area contributed by atoms with E-state index in [4.69, 9.17) is 16.3 Å². The predicted octanol–water partition coefficient (Wildman–Crippen LogP) is 3.33. The van der Waals surface area contributed by atoms with Gasteiger partial charge in [-0.3, -0.25) is 5.32 Å². The number of rotatable bonds is 1. The number of ether oxygens (including phenoxy) is 1. The van der Waals surface area contributed by atoms with E-state index in [0.29, 0.717) is 6.61 Å². The van der Waals surface area contributed by atoms with Crippen molar-refractivity contribution in [3.63, 3.8) is 0 Å². The van der Waals surface area contributed by atoms with E-state index in [9.17, 15) is 0 Å². The third-order valence-corrected chi connectivity index (χ3v) is 2.91. The molecule has 1 aliphatic heterocycles. The Labute approximate surface area is 108 Å². The summed E-state index contributed by atoms with van der Waals surface area (Å²) < 4.78 is 5.83. The van der Waals surface area contributed by atoms with Gasteiger partial charge in [0.25, 0.3) is 0 Å². The van der Waals surface area contributed by atoms with Crippen LogP contribution in [-0.4, -0.2) is 12.1 Å². The van der Waals surface area contributed by atoms with Crippen molar-refractivity contribution < 1.29 is 4.74 Å². The maximum absolute atomic E-state index is 5.97. The average Bonchev–Trinajstić information content (AvgIpc) is 2.42. The Morgan fingerprint density at radius 3 is 2.50 bits per heavy atom. The first kappa shape index (κ1) is 13.8. The van der Waals surface area contributed by atoms with Crippen molar-refractivity contribution >= 4 is 24.0 Å². The van der Waals surface area contributed by atoms with Crippen molar-refractivity contribution in [1.29, 1.82) is 0 Å². The molecule has 0 spiro atoms. The van der Waals surface area contributed by atoms with Crippen LogP contribution in [0.15, 0.2) is 24.3 Å². The monoisotopic (exact) mass is 261 g/mol. The molecule has 16 heavy (non-hydrogen) atoms. The lowest BCUT2D eigenvalue weighted by atomic mass is 10.0. The zero-order chi connectivity index (χ0) is 11.1. The van der Waals surface area contributed by atoms with Crippen LogP contribution in [0.4, 0.5) is 0 Å². The summed E-state index contributed by atoms with van der Waals surface area (Å²) in [5, 5.41) is 4.21. The lowest BCUT2D eigenvalue weighted by Gasteiger charge is -2.27.